The number of hydrogen-bond acceptors (Lipinski definition) is 5. The SMILES string of the molecule is CCCN1CCN(c2nc(C3CCCC3)nc3c2CCOCC3)CC1. The lowest BCUT2D eigenvalue weighted by Gasteiger charge is -2.36. The number of anilines is 1. The summed E-state index contributed by atoms with van der Waals surface area (Å²) in [4.78, 5) is 15.3. The zero-order valence-electron chi connectivity index (χ0n) is 15.7. The highest BCUT2D eigenvalue weighted by molar-refractivity contribution is 5.51. The van der Waals surface area contributed by atoms with Crippen LogP contribution in [0.15, 0.2) is 0 Å². The van der Waals surface area contributed by atoms with Crippen molar-refractivity contribution in [2.24, 2.45) is 0 Å². The minimum atomic E-state index is 0.578. The molecule has 0 unspecified atom stereocenters. The first-order chi connectivity index (χ1) is 12.3. The lowest BCUT2D eigenvalue weighted by Crippen LogP contribution is -2.47. The number of fused-ring (bicyclic) bond motifs is 1. The molecule has 1 saturated carbocycles. The van der Waals surface area contributed by atoms with Gasteiger partial charge in [-0.25, -0.2) is 9.97 Å². The monoisotopic (exact) mass is 344 g/mol. The second kappa shape index (κ2) is 8.00. The first kappa shape index (κ1) is 17.2. The fourth-order valence-electron chi connectivity index (χ4n) is 4.57. The Morgan fingerprint density at radius 2 is 1.76 bits per heavy atom. The van der Waals surface area contributed by atoms with E-state index in [4.69, 9.17) is 14.7 Å². The maximum atomic E-state index is 5.74. The third-order valence-corrected chi connectivity index (χ3v) is 6.00. The number of aromatic nitrogens is 2. The highest BCUT2D eigenvalue weighted by Crippen LogP contribution is 2.35. The number of piperazine rings is 1. The molecular weight excluding hydrogens is 312 g/mol. The smallest absolute Gasteiger partial charge is 0.135 e. The molecule has 138 valence electrons. The van der Waals surface area contributed by atoms with Gasteiger partial charge in [0.15, 0.2) is 0 Å². The van der Waals surface area contributed by atoms with E-state index in [0.29, 0.717) is 5.92 Å². The Hall–Kier alpha value is -1.20. The maximum Gasteiger partial charge on any atom is 0.135 e. The van der Waals surface area contributed by atoms with E-state index in [9.17, 15) is 0 Å². The quantitative estimate of drug-likeness (QED) is 0.840. The van der Waals surface area contributed by atoms with Gasteiger partial charge in [-0.2, -0.15) is 0 Å². The van der Waals surface area contributed by atoms with Crippen molar-refractivity contribution < 1.29 is 4.74 Å². The molecule has 3 heterocycles. The molecule has 0 N–H and O–H groups in total. The molecule has 1 saturated heterocycles. The largest absolute Gasteiger partial charge is 0.381 e. The molecule has 25 heavy (non-hydrogen) atoms. The summed E-state index contributed by atoms with van der Waals surface area (Å²) in [5.41, 5.74) is 2.63. The van der Waals surface area contributed by atoms with E-state index in [0.717, 1.165) is 58.1 Å². The van der Waals surface area contributed by atoms with Crippen molar-refractivity contribution in [3.05, 3.63) is 17.1 Å². The van der Waals surface area contributed by atoms with E-state index in [1.165, 1.54) is 55.7 Å². The molecule has 2 fully saturated rings. The van der Waals surface area contributed by atoms with Crippen LogP contribution >= 0.6 is 0 Å². The molecule has 5 heteroatoms. The number of nitrogens with zero attached hydrogens (tertiary/aromatic N) is 4. The molecule has 1 aromatic heterocycles. The summed E-state index contributed by atoms with van der Waals surface area (Å²) in [6.45, 7) is 9.59. The summed E-state index contributed by atoms with van der Waals surface area (Å²) in [6, 6.07) is 0. The van der Waals surface area contributed by atoms with Crippen LogP contribution in [0.5, 0.6) is 0 Å². The third-order valence-electron chi connectivity index (χ3n) is 6.00. The van der Waals surface area contributed by atoms with E-state index < -0.39 is 0 Å². The van der Waals surface area contributed by atoms with Crippen LogP contribution in [0.3, 0.4) is 0 Å². The van der Waals surface area contributed by atoms with E-state index in [-0.39, 0.29) is 0 Å². The second-order valence-electron chi connectivity index (χ2n) is 7.75. The van der Waals surface area contributed by atoms with Crippen LogP contribution in [0.25, 0.3) is 0 Å². The Balaban J connectivity index is 1.61. The number of rotatable bonds is 4. The van der Waals surface area contributed by atoms with Crippen molar-refractivity contribution in [2.75, 3.05) is 50.8 Å². The highest BCUT2D eigenvalue weighted by atomic mass is 16.5. The van der Waals surface area contributed by atoms with E-state index in [1.807, 2.05) is 0 Å². The molecule has 5 nitrogen and oxygen atoms in total. The molecule has 0 bridgehead atoms. The Bertz CT molecular complexity index is 577. The predicted octanol–water partition coefficient (Wildman–Crippen LogP) is 2.78. The van der Waals surface area contributed by atoms with Gasteiger partial charge in [-0.15, -0.1) is 0 Å². The number of ether oxygens (including phenoxy) is 1. The van der Waals surface area contributed by atoms with Gasteiger partial charge in [-0.3, -0.25) is 4.90 Å². The van der Waals surface area contributed by atoms with Gasteiger partial charge in [0.25, 0.3) is 0 Å². The van der Waals surface area contributed by atoms with Crippen LogP contribution in [-0.4, -0.2) is 60.8 Å². The van der Waals surface area contributed by atoms with Crippen molar-refractivity contribution in [3.63, 3.8) is 0 Å². The van der Waals surface area contributed by atoms with Crippen molar-refractivity contribution in [1.82, 2.24) is 14.9 Å². The van der Waals surface area contributed by atoms with Gasteiger partial charge in [0.1, 0.15) is 11.6 Å². The Labute approximate surface area is 151 Å². The molecule has 2 aliphatic heterocycles. The molecule has 0 aromatic carbocycles. The lowest BCUT2D eigenvalue weighted by atomic mass is 10.0. The first-order valence-corrected chi connectivity index (χ1v) is 10.3. The molecule has 0 radical (unpaired) electrons. The Kier molecular flexibility index (Phi) is 5.51. The molecule has 0 atom stereocenters. The minimum absolute atomic E-state index is 0.578. The zero-order valence-corrected chi connectivity index (χ0v) is 15.7. The lowest BCUT2D eigenvalue weighted by molar-refractivity contribution is 0.146. The minimum Gasteiger partial charge on any atom is -0.381 e. The fraction of sp³-hybridized carbons (Fsp3) is 0.800. The van der Waals surface area contributed by atoms with Crippen molar-refractivity contribution in [3.8, 4) is 0 Å². The first-order valence-electron chi connectivity index (χ1n) is 10.3. The van der Waals surface area contributed by atoms with E-state index >= 15 is 0 Å². The molecule has 1 aliphatic carbocycles. The fourth-order valence-corrected chi connectivity index (χ4v) is 4.57. The van der Waals surface area contributed by atoms with Crippen molar-refractivity contribution in [1.29, 1.82) is 0 Å². The van der Waals surface area contributed by atoms with Gasteiger partial charge in [0.05, 0.1) is 18.9 Å². The van der Waals surface area contributed by atoms with Crippen LogP contribution in [0.1, 0.15) is 62.0 Å². The summed E-state index contributed by atoms with van der Waals surface area (Å²) in [7, 11) is 0. The van der Waals surface area contributed by atoms with E-state index in [2.05, 4.69) is 16.7 Å². The average molecular weight is 345 g/mol. The molecule has 0 amide bonds. The van der Waals surface area contributed by atoms with Gasteiger partial charge in [-0.1, -0.05) is 19.8 Å². The Morgan fingerprint density at radius 1 is 1.00 bits per heavy atom. The van der Waals surface area contributed by atoms with Crippen LogP contribution in [-0.2, 0) is 17.6 Å². The molecule has 1 aromatic rings. The highest BCUT2D eigenvalue weighted by Gasteiger charge is 2.27. The van der Waals surface area contributed by atoms with Gasteiger partial charge in [-0.05, 0) is 25.8 Å². The molecular formula is C20H32N4O. The zero-order chi connectivity index (χ0) is 17.1. The number of hydrogen-bond donors (Lipinski definition) is 0. The van der Waals surface area contributed by atoms with Gasteiger partial charge in [0.2, 0.25) is 0 Å². The average Bonchev–Trinajstić information content (AvgIpc) is 3.07. The summed E-state index contributed by atoms with van der Waals surface area (Å²) in [5, 5.41) is 0. The van der Waals surface area contributed by atoms with Gasteiger partial charge in [0, 0.05) is 50.5 Å². The van der Waals surface area contributed by atoms with Crippen LogP contribution in [0.4, 0.5) is 5.82 Å². The summed E-state index contributed by atoms with van der Waals surface area (Å²) >= 11 is 0. The van der Waals surface area contributed by atoms with E-state index in [1.54, 1.807) is 0 Å². The summed E-state index contributed by atoms with van der Waals surface area (Å²) in [6.07, 6.45) is 8.34. The Morgan fingerprint density at radius 3 is 2.52 bits per heavy atom. The second-order valence-corrected chi connectivity index (χ2v) is 7.75. The molecule has 4 rings (SSSR count). The van der Waals surface area contributed by atoms with Crippen LogP contribution in [0.2, 0.25) is 0 Å². The molecule has 3 aliphatic rings. The van der Waals surface area contributed by atoms with Crippen LogP contribution in [0, 0.1) is 0 Å². The van der Waals surface area contributed by atoms with Gasteiger partial charge >= 0.3 is 0 Å². The third kappa shape index (κ3) is 3.82. The van der Waals surface area contributed by atoms with Crippen molar-refractivity contribution >= 4 is 5.82 Å². The topological polar surface area (TPSA) is 41.5 Å². The maximum absolute atomic E-state index is 5.74. The predicted molar refractivity (Wildman–Crippen MR) is 100 cm³/mol. The van der Waals surface area contributed by atoms with Crippen molar-refractivity contribution in [2.45, 2.75) is 57.8 Å². The van der Waals surface area contributed by atoms with Gasteiger partial charge < -0.3 is 9.64 Å². The molecule has 0 spiro atoms. The summed E-state index contributed by atoms with van der Waals surface area (Å²) in [5.74, 6) is 2.92. The normalized spacial score (nSPS) is 22.8. The van der Waals surface area contributed by atoms with Crippen LogP contribution < -0.4 is 4.90 Å². The summed E-state index contributed by atoms with van der Waals surface area (Å²) < 4.78 is 5.74. The standard InChI is InChI=1S/C20H32N4O/c1-2-9-23-10-12-24(13-11-23)20-17-7-14-25-15-8-18(17)21-19(22-20)16-5-3-4-6-16/h16H,2-15H2,1H3.